The molecule has 0 atom stereocenters. The van der Waals surface area contributed by atoms with E-state index in [2.05, 4.69) is 10.1 Å². The van der Waals surface area contributed by atoms with Crippen LogP contribution in [0, 0.1) is 11.3 Å². The molecule has 3 rings (SSSR count). The fourth-order valence-electron chi connectivity index (χ4n) is 1.98. The van der Waals surface area contributed by atoms with E-state index in [1.807, 2.05) is 6.07 Å². The lowest BCUT2D eigenvalue weighted by molar-refractivity contribution is -0.137. The molecule has 21 heavy (non-hydrogen) atoms. The summed E-state index contributed by atoms with van der Waals surface area (Å²) in [6, 6.07) is 6.91. The number of nitrogens with zero attached hydrogens (tertiary/aromatic N) is 4. The molecule has 0 aliphatic heterocycles. The van der Waals surface area contributed by atoms with Gasteiger partial charge in [0.05, 0.1) is 11.8 Å². The maximum atomic E-state index is 12.7. The summed E-state index contributed by atoms with van der Waals surface area (Å²) in [6.45, 7) is 0. The number of benzene rings is 1. The molecule has 0 saturated heterocycles. The first-order valence-electron chi connectivity index (χ1n) is 5.90. The average molecular weight is 288 g/mol. The Morgan fingerprint density at radius 1 is 1.14 bits per heavy atom. The van der Waals surface area contributed by atoms with Gasteiger partial charge in [0.15, 0.2) is 5.65 Å². The van der Waals surface area contributed by atoms with Gasteiger partial charge in [-0.05, 0) is 17.7 Å². The Labute approximate surface area is 117 Å². The van der Waals surface area contributed by atoms with Gasteiger partial charge in [0, 0.05) is 18.0 Å². The summed E-state index contributed by atoms with van der Waals surface area (Å²) >= 11 is 0. The second-order valence-corrected chi connectivity index (χ2v) is 4.36. The zero-order valence-corrected chi connectivity index (χ0v) is 10.5. The molecule has 0 amide bonds. The zero-order chi connectivity index (χ0) is 15.0. The second-order valence-electron chi connectivity index (χ2n) is 4.36. The smallest absolute Gasteiger partial charge is 0.235 e. The highest BCUT2D eigenvalue weighted by Crippen LogP contribution is 2.32. The minimum atomic E-state index is -4.40. The van der Waals surface area contributed by atoms with Crippen molar-refractivity contribution >= 4 is 5.65 Å². The molecule has 4 nitrogen and oxygen atoms in total. The SMILES string of the molecule is N#Cc1cnn2cc(-c3cccc(C(F)(F)F)c3)cnc12. The lowest BCUT2D eigenvalue weighted by atomic mass is 10.1. The van der Waals surface area contributed by atoms with Gasteiger partial charge in [0.25, 0.3) is 0 Å². The van der Waals surface area contributed by atoms with Crippen LogP contribution in [-0.2, 0) is 6.18 Å². The summed E-state index contributed by atoms with van der Waals surface area (Å²) in [4.78, 5) is 4.08. The van der Waals surface area contributed by atoms with Crippen molar-refractivity contribution in [2.45, 2.75) is 6.18 Å². The van der Waals surface area contributed by atoms with Crippen molar-refractivity contribution < 1.29 is 13.2 Å². The molecule has 0 N–H and O–H groups in total. The lowest BCUT2D eigenvalue weighted by Gasteiger charge is -2.08. The molecule has 2 heterocycles. The first-order chi connectivity index (χ1) is 9.99. The molecular weight excluding hydrogens is 281 g/mol. The maximum Gasteiger partial charge on any atom is 0.416 e. The molecule has 0 aliphatic rings. The van der Waals surface area contributed by atoms with E-state index in [1.54, 1.807) is 12.3 Å². The van der Waals surface area contributed by atoms with Crippen LogP contribution in [0.15, 0.2) is 42.9 Å². The molecule has 0 bridgehead atoms. The van der Waals surface area contributed by atoms with E-state index in [0.717, 1.165) is 12.1 Å². The fourth-order valence-corrected chi connectivity index (χ4v) is 1.98. The van der Waals surface area contributed by atoms with Crippen molar-refractivity contribution in [2.75, 3.05) is 0 Å². The number of fused-ring (bicyclic) bond motifs is 1. The fraction of sp³-hybridized carbons (Fsp3) is 0.0714. The Morgan fingerprint density at radius 2 is 1.95 bits per heavy atom. The van der Waals surface area contributed by atoms with Crippen LogP contribution < -0.4 is 0 Å². The van der Waals surface area contributed by atoms with E-state index in [9.17, 15) is 13.2 Å². The normalized spacial score (nSPS) is 11.5. The Kier molecular flexibility index (Phi) is 2.87. The topological polar surface area (TPSA) is 54.0 Å². The van der Waals surface area contributed by atoms with Crippen LogP contribution in [-0.4, -0.2) is 14.6 Å². The number of rotatable bonds is 1. The van der Waals surface area contributed by atoms with Gasteiger partial charge in [-0.25, -0.2) is 9.50 Å². The number of halogens is 3. The predicted octanol–water partition coefficient (Wildman–Crippen LogP) is 3.29. The molecule has 0 spiro atoms. The summed E-state index contributed by atoms with van der Waals surface area (Å²) < 4.78 is 39.5. The minimum absolute atomic E-state index is 0.311. The maximum absolute atomic E-state index is 12.7. The van der Waals surface area contributed by atoms with Gasteiger partial charge in [-0.1, -0.05) is 12.1 Å². The molecule has 1 aromatic carbocycles. The molecule has 7 heteroatoms. The highest BCUT2D eigenvalue weighted by molar-refractivity contribution is 5.65. The first-order valence-corrected chi connectivity index (χ1v) is 5.90. The number of hydrogen-bond donors (Lipinski definition) is 0. The Morgan fingerprint density at radius 3 is 2.67 bits per heavy atom. The molecular formula is C14H7F3N4. The monoisotopic (exact) mass is 288 g/mol. The number of alkyl halides is 3. The Hall–Kier alpha value is -2.88. The summed E-state index contributed by atoms with van der Waals surface area (Å²) in [7, 11) is 0. The van der Waals surface area contributed by atoms with Crippen molar-refractivity contribution in [2.24, 2.45) is 0 Å². The van der Waals surface area contributed by atoms with Gasteiger partial charge in [-0.15, -0.1) is 0 Å². The molecule has 0 unspecified atom stereocenters. The molecule has 0 aliphatic carbocycles. The summed E-state index contributed by atoms with van der Waals surface area (Å²) in [5, 5.41) is 12.8. The van der Waals surface area contributed by atoms with Gasteiger partial charge in [0.1, 0.15) is 11.6 Å². The molecule has 0 saturated carbocycles. The van der Waals surface area contributed by atoms with Crippen molar-refractivity contribution in [3.05, 3.63) is 54.0 Å². The van der Waals surface area contributed by atoms with Crippen molar-refractivity contribution in [3.63, 3.8) is 0 Å². The largest absolute Gasteiger partial charge is 0.416 e. The number of hydrogen-bond acceptors (Lipinski definition) is 3. The molecule has 2 aromatic heterocycles. The Balaban J connectivity index is 2.11. The summed E-state index contributed by atoms with van der Waals surface area (Å²) in [5.41, 5.74) is 0.825. The average Bonchev–Trinajstić information content (AvgIpc) is 2.88. The number of aromatic nitrogens is 3. The standard InChI is InChI=1S/C14H7F3N4/c15-14(16,17)12-3-1-2-9(4-12)11-6-19-13-10(5-18)7-20-21(13)8-11/h1-4,6-8H. The van der Waals surface area contributed by atoms with Crippen molar-refractivity contribution in [3.8, 4) is 17.2 Å². The van der Waals surface area contributed by atoms with Crippen LogP contribution in [0.4, 0.5) is 13.2 Å². The lowest BCUT2D eigenvalue weighted by Crippen LogP contribution is -2.04. The van der Waals surface area contributed by atoms with Crippen LogP contribution in [0.2, 0.25) is 0 Å². The van der Waals surface area contributed by atoms with Gasteiger partial charge in [-0.3, -0.25) is 0 Å². The van der Waals surface area contributed by atoms with Crippen molar-refractivity contribution in [1.29, 1.82) is 5.26 Å². The van der Waals surface area contributed by atoms with Crippen LogP contribution >= 0.6 is 0 Å². The van der Waals surface area contributed by atoms with E-state index in [1.165, 1.54) is 23.0 Å². The summed E-state index contributed by atoms with van der Waals surface area (Å²) in [5.74, 6) is 0. The highest BCUT2D eigenvalue weighted by Gasteiger charge is 2.30. The van der Waals surface area contributed by atoms with Gasteiger partial charge in [0.2, 0.25) is 0 Å². The third kappa shape index (κ3) is 2.31. The van der Waals surface area contributed by atoms with Gasteiger partial charge < -0.3 is 0 Å². The van der Waals surface area contributed by atoms with E-state index in [4.69, 9.17) is 5.26 Å². The number of nitriles is 1. The van der Waals surface area contributed by atoms with E-state index >= 15 is 0 Å². The van der Waals surface area contributed by atoms with Crippen LogP contribution in [0.5, 0.6) is 0 Å². The first kappa shape index (κ1) is 13.1. The second kappa shape index (κ2) is 4.59. The Bertz CT molecular complexity index is 859. The van der Waals surface area contributed by atoms with Crippen molar-refractivity contribution in [1.82, 2.24) is 14.6 Å². The van der Waals surface area contributed by atoms with E-state index in [0.29, 0.717) is 22.3 Å². The van der Waals surface area contributed by atoms with Crippen LogP contribution in [0.1, 0.15) is 11.1 Å². The third-order valence-corrected chi connectivity index (χ3v) is 3.00. The molecule has 3 aromatic rings. The third-order valence-electron chi connectivity index (χ3n) is 3.00. The van der Waals surface area contributed by atoms with Crippen LogP contribution in [0.25, 0.3) is 16.8 Å². The van der Waals surface area contributed by atoms with E-state index in [-0.39, 0.29) is 0 Å². The molecule has 0 radical (unpaired) electrons. The summed E-state index contributed by atoms with van der Waals surface area (Å²) in [6.07, 6.45) is -0.0720. The highest BCUT2D eigenvalue weighted by atomic mass is 19.4. The van der Waals surface area contributed by atoms with E-state index < -0.39 is 11.7 Å². The molecule has 104 valence electrons. The minimum Gasteiger partial charge on any atom is -0.235 e. The molecule has 0 fully saturated rings. The van der Waals surface area contributed by atoms with Gasteiger partial charge in [-0.2, -0.15) is 23.5 Å². The van der Waals surface area contributed by atoms with Gasteiger partial charge >= 0.3 is 6.18 Å². The zero-order valence-electron chi connectivity index (χ0n) is 10.5. The van der Waals surface area contributed by atoms with Crippen LogP contribution in [0.3, 0.4) is 0 Å². The predicted molar refractivity (Wildman–Crippen MR) is 68.1 cm³/mol. The quantitative estimate of drug-likeness (QED) is 0.690.